The topological polar surface area (TPSA) is 59.3 Å². The van der Waals surface area contributed by atoms with Crippen LogP contribution in [0.3, 0.4) is 0 Å². The summed E-state index contributed by atoms with van der Waals surface area (Å²) in [6.45, 7) is 4.38. The highest BCUT2D eigenvalue weighted by Crippen LogP contribution is 2.20. The fraction of sp³-hybridized carbons (Fsp3) is 0.238. The highest BCUT2D eigenvalue weighted by atomic mass is 16.4. The van der Waals surface area contributed by atoms with Crippen LogP contribution in [0.4, 0.5) is 0 Å². The third-order valence-corrected chi connectivity index (χ3v) is 4.18. The molecule has 1 amide bonds. The van der Waals surface area contributed by atoms with Crippen LogP contribution in [0.25, 0.3) is 11.0 Å². The van der Waals surface area contributed by atoms with E-state index in [0.717, 1.165) is 29.4 Å². The first-order chi connectivity index (χ1) is 12.1. The number of hydrogen-bond donors (Lipinski definition) is 1. The number of fused-ring (bicyclic) bond motifs is 1. The van der Waals surface area contributed by atoms with Crippen molar-refractivity contribution in [3.8, 4) is 0 Å². The lowest BCUT2D eigenvalue weighted by Crippen LogP contribution is -2.23. The lowest BCUT2D eigenvalue weighted by atomic mass is 10.0. The van der Waals surface area contributed by atoms with Gasteiger partial charge in [-0.25, -0.2) is 4.79 Å². The summed E-state index contributed by atoms with van der Waals surface area (Å²) in [6.07, 6.45) is 2.01. The lowest BCUT2D eigenvalue weighted by Gasteiger charge is -2.09. The molecular formula is C21H21NO3. The van der Waals surface area contributed by atoms with Crippen LogP contribution in [-0.4, -0.2) is 5.91 Å². The summed E-state index contributed by atoms with van der Waals surface area (Å²) in [7, 11) is 0. The van der Waals surface area contributed by atoms with Gasteiger partial charge in [-0.3, -0.25) is 4.79 Å². The van der Waals surface area contributed by atoms with Crippen molar-refractivity contribution >= 4 is 16.9 Å². The minimum atomic E-state index is -0.407. The van der Waals surface area contributed by atoms with Crippen LogP contribution in [0.5, 0.6) is 0 Å². The van der Waals surface area contributed by atoms with Gasteiger partial charge in [0.1, 0.15) is 5.58 Å². The molecule has 1 N–H and O–H groups in total. The number of aryl methyl sites for hydroxylation is 2. The maximum atomic E-state index is 12.3. The van der Waals surface area contributed by atoms with E-state index >= 15 is 0 Å². The third kappa shape index (κ3) is 3.97. The molecule has 0 fully saturated rings. The number of carbonyl (C=O) groups excluding carboxylic acids is 1. The van der Waals surface area contributed by atoms with E-state index in [4.69, 9.17) is 4.42 Å². The predicted octanol–water partition coefficient (Wildman–Crippen LogP) is 3.98. The average molecular weight is 335 g/mol. The molecule has 0 spiro atoms. The molecule has 0 aliphatic rings. The van der Waals surface area contributed by atoms with Gasteiger partial charge in [-0.05, 0) is 48.7 Å². The Morgan fingerprint density at radius 1 is 1.08 bits per heavy atom. The molecule has 4 nitrogen and oxygen atoms in total. The van der Waals surface area contributed by atoms with Crippen LogP contribution in [-0.2, 0) is 13.0 Å². The lowest BCUT2D eigenvalue weighted by molar-refractivity contribution is 0.0951. The highest BCUT2D eigenvalue weighted by molar-refractivity contribution is 5.94. The molecule has 0 radical (unpaired) electrons. The average Bonchev–Trinajstić information content (AvgIpc) is 2.60. The maximum Gasteiger partial charge on any atom is 0.336 e. The Morgan fingerprint density at radius 3 is 2.56 bits per heavy atom. The van der Waals surface area contributed by atoms with E-state index in [9.17, 15) is 9.59 Å². The minimum absolute atomic E-state index is 0.161. The first-order valence-electron chi connectivity index (χ1n) is 8.47. The van der Waals surface area contributed by atoms with Crippen LogP contribution in [0, 0.1) is 6.92 Å². The quantitative estimate of drug-likeness (QED) is 0.717. The summed E-state index contributed by atoms with van der Waals surface area (Å²) in [5, 5.41) is 3.76. The first kappa shape index (κ1) is 17.0. The Morgan fingerprint density at radius 2 is 1.84 bits per heavy atom. The van der Waals surface area contributed by atoms with Gasteiger partial charge in [0.2, 0.25) is 0 Å². The monoisotopic (exact) mass is 335 g/mol. The van der Waals surface area contributed by atoms with Gasteiger partial charge in [0, 0.05) is 23.6 Å². The summed E-state index contributed by atoms with van der Waals surface area (Å²) in [5.41, 5.74) is 3.80. The Labute approximate surface area is 146 Å². The molecule has 128 valence electrons. The van der Waals surface area contributed by atoms with Gasteiger partial charge >= 0.3 is 5.63 Å². The van der Waals surface area contributed by atoms with Gasteiger partial charge in [0.05, 0.1) is 0 Å². The van der Waals surface area contributed by atoms with E-state index in [1.54, 1.807) is 12.1 Å². The molecule has 0 saturated heterocycles. The number of amides is 1. The molecule has 0 unspecified atom stereocenters. The van der Waals surface area contributed by atoms with Crippen molar-refractivity contribution in [3.05, 3.63) is 81.2 Å². The van der Waals surface area contributed by atoms with Crippen LogP contribution < -0.4 is 10.9 Å². The first-order valence-corrected chi connectivity index (χ1v) is 8.47. The number of benzene rings is 2. The Hall–Kier alpha value is -2.88. The summed E-state index contributed by atoms with van der Waals surface area (Å²) in [4.78, 5) is 24.1. The Bertz CT molecular complexity index is 955. The standard InChI is InChI=1S/C21H21NO3/c1-3-4-15-7-10-19-18(11-15)17(12-20(23)25-19)13-22-21(24)16-8-5-14(2)6-9-16/h5-12H,3-4,13H2,1-2H3,(H,22,24). The maximum absolute atomic E-state index is 12.3. The molecule has 1 heterocycles. The zero-order valence-corrected chi connectivity index (χ0v) is 14.5. The normalized spacial score (nSPS) is 10.8. The second-order valence-electron chi connectivity index (χ2n) is 6.22. The zero-order valence-electron chi connectivity index (χ0n) is 14.5. The molecule has 0 atom stereocenters. The number of nitrogens with one attached hydrogen (secondary N) is 1. The molecule has 25 heavy (non-hydrogen) atoms. The van der Waals surface area contributed by atoms with Crippen molar-refractivity contribution in [2.75, 3.05) is 0 Å². The van der Waals surface area contributed by atoms with Crippen LogP contribution in [0.15, 0.2) is 57.7 Å². The van der Waals surface area contributed by atoms with Crippen molar-refractivity contribution in [1.29, 1.82) is 0 Å². The fourth-order valence-electron chi connectivity index (χ4n) is 2.85. The smallest absolute Gasteiger partial charge is 0.336 e. The van der Waals surface area contributed by atoms with E-state index < -0.39 is 5.63 Å². The molecule has 0 aliphatic carbocycles. The summed E-state index contributed by atoms with van der Waals surface area (Å²) in [5.74, 6) is -0.161. The van der Waals surface area contributed by atoms with Gasteiger partial charge in [0.15, 0.2) is 0 Å². The van der Waals surface area contributed by atoms with Gasteiger partial charge in [-0.15, -0.1) is 0 Å². The van der Waals surface area contributed by atoms with Gasteiger partial charge < -0.3 is 9.73 Å². The highest BCUT2D eigenvalue weighted by Gasteiger charge is 2.09. The molecule has 0 saturated carbocycles. The number of hydrogen-bond acceptors (Lipinski definition) is 3. The van der Waals surface area contributed by atoms with Gasteiger partial charge in [-0.1, -0.05) is 37.1 Å². The SMILES string of the molecule is CCCc1ccc2oc(=O)cc(CNC(=O)c3ccc(C)cc3)c2c1. The van der Waals surface area contributed by atoms with Crippen molar-refractivity contribution in [1.82, 2.24) is 5.32 Å². The van der Waals surface area contributed by atoms with Crippen molar-refractivity contribution < 1.29 is 9.21 Å². The summed E-state index contributed by atoms with van der Waals surface area (Å²) < 4.78 is 5.27. The zero-order chi connectivity index (χ0) is 17.8. The van der Waals surface area contributed by atoms with E-state index in [2.05, 4.69) is 12.2 Å². The third-order valence-electron chi connectivity index (χ3n) is 4.18. The van der Waals surface area contributed by atoms with Crippen molar-refractivity contribution in [3.63, 3.8) is 0 Å². The van der Waals surface area contributed by atoms with Crippen molar-refractivity contribution in [2.45, 2.75) is 33.2 Å². The molecule has 0 bridgehead atoms. The van der Waals surface area contributed by atoms with Crippen molar-refractivity contribution in [2.24, 2.45) is 0 Å². The second-order valence-corrected chi connectivity index (χ2v) is 6.22. The minimum Gasteiger partial charge on any atom is -0.423 e. The Kier molecular flexibility index (Phi) is 4.98. The summed E-state index contributed by atoms with van der Waals surface area (Å²) in [6, 6.07) is 14.7. The molecular weight excluding hydrogens is 314 g/mol. The van der Waals surface area contributed by atoms with E-state index in [0.29, 0.717) is 11.1 Å². The van der Waals surface area contributed by atoms with E-state index in [1.165, 1.54) is 11.6 Å². The van der Waals surface area contributed by atoms with E-state index in [1.807, 2.05) is 37.3 Å². The fourth-order valence-corrected chi connectivity index (χ4v) is 2.85. The van der Waals surface area contributed by atoms with Gasteiger partial charge in [-0.2, -0.15) is 0 Å². The molecule has 1 aromatic heterocycles. The number of rotatable bonds is 5. The summed E-state index contributed by atoms with van der Waals surface area (Å²) >= 11 is 0. The molecule has 2 aromatic carbocycles. The van der Waals surface area contributed by atoms with Crippen LogP contribution >= 0.6 is 0 Å². The molecule has 3 aromatic rings. The molecule has 4 heteroatoms. The second kappa shape index (κ2) is 7.34. The molecule has 3 rings (SSSR count). The number of carbonyl (C=O) groups is 1. The van der Waals surface area contributed by atoms with E-state index in [-0.39, 0.29) is 12.5 Å². The van der Waals surface area contributed by atoms with Crippen LogP contribution in [0.1, 0.15) is 40.4 Å². The van der Waals surface area contributed by atoms with Gasteiger partial charge in [0.25, 0.3) is 5.91 Å². The van der Waals surface area contributed by atoms with Crippen LogP contribution in [0.2, 0.25) is 0 Å². The predicted molar refractivity (Wildman–Crippen MR) is 98.8 cm³/mol. The largest absolute Gasteiger partial charge is 0.423 e. The molecule has 0 aliphatic heterocycles. The Balaban J connectivity index is 1.86.